The summed E-state index contributed by atoms with van der Waals surface area (Å²) in [6, 6.07) is 7.44. The fourth-order valence-corrected chi connectivity index (χ4v) is 3.32. The quantitative estimate of drug-likeness (QED) is 0.686. The summed E-state index contributed by atoms with van der Waals surface area (Å²) in [4.78, 5) is 11.7. The molecule has 2 aromatic rings. The molecule has 6 heteroatoms. The summed E-state index contributed by atoms with van der Waals surface area (Å²) < 4.78 is 6.58. The number of nitrogens with one attached hydrogen (secondary N) is 1. The topological polar surface area (TPSA) is 38.3 Å². The highest BCUT2D eigenvalue weighted by Crippen LogP contribution is 2.30. The minimum Gasteiger partial charge on any atom is -0.462 e. The van der Waals surface area contributed by atoms with Crippen molar-refractivity contribution in [2.24, 2.45) is 0 Å². The molecule has 1 heterocycles. The third-order valence-electron chi connectivity index (χ3n) is 2.94. The third kappa shape index (κ3) is 4.22. The lowest BCUT2D eigenvalue weighted by molar-refractivity contribution is 0.0526. The number of anilines is 1. The van der Waals surface area contributed by atoms with E-state index in [1.807, 2.05) is 17.5 Å². The maximum Gasteiger partial charge on any atom is 0.338 e. The average molecular weight is 389 g/mol. The summed E-state index contributed by atoms with van der Waals surface area (Å²) in [5.74, 6) is -0.317. The van der Waals surface area contributed by atoms with Crippen LogP contribution in [0.15, 0.2) is 34.1 Å². The van der Waals surface area contributed by atoms with E-state index in [2.05, 4.69) is 28.2 Å². The lowest BCUT2D eigenvalue weighted by Crippen LogP contribution is -2.08. The summed E-state index contributed by atoms with van der Waals surface area (Å²) in [5.41, 5.74) is 2.57. The first-order valence-corrected chi connectivity index (χ1v) is 8.53. The van der Waals surface area contributed by atoms with Crippen LogP contribution >= 0.6 is 38.9 Å². The molecule has 0 saturated heterocycles. The average Bonchev–Trinajstić information content (AvgIpc) is 2.88. The second kappa shape index (κ2) is 7.29. The monoisotopic (exact) mass is 387 g/mol. The van der Waals surface area contributed by atoms with Crippen LogP contribution in [0.25, 0.3) is 0 Å². The van der Waals surface area contributed by atoms with Crippen molar-refractivity contribution in [1.82, 2.24) is 0 Å². The smallest absolute Gasteiger partial charge is 0.338 e. The number of benzene rings is 1. The van der Waals surface area contributed by atoms with Gasteiger partial charge in [0.25, 0.3) is 0 Å². The van der Waals surface area contributed by atoms with Crippen molar-refractivity contribution >= 4 is 50.5 Å². The van der Waals surface area contributed by atoms with Gasteiger partial charge in [-0.15, -0.1) is 11.3 Å². The van der Waals surface area contributed by atoms with Crippen molar-refractivity contribution in [2.45, 2.75) is 19.9 Å². The van der Waals surface area contributed by atoms with Crippen molar-refractivity contribution in [2.75, 3.05) is 11.9 Å². The van der Waals surface area contributed by atoms with E-state index in [-0.39, 0.29) is 12.0 Å². The lowest BCUT2D eigenvalue weighted by Gasteiger charge is -2.16. The maximum absolute atomic E-state index is 11.7. The molecule has 1 unspecified atom stereocenters. The van der Waals surface area contributed by atoms with Gasteiger partial charge in [0, 0.05) is 16.2 Å². The molecule has 3 nitrogen and oxygen atoms in total. The van der Waals surface area contributed by atoms with Gasteiger partial charge >= 0.3 is 5.97 Å². The van der Waals surface area contributed by atoms with E-state index in [1.54, 1.807) is 19.1 Å². The Morgan fingerprint density at radius 2 is 2.24 bits per heavy atom. The maximum atomic E-state index is 11.7. The lowest BCUT2D eigenvalue weighted by atomic mass is 10.1. The molecule has 0 radical (unpaired) electrons. The molecule has 0 spiro atoms. The van der Waals surface area contributed by atoms with E-state index >= 15 is 0 Å². The molecule has 1 atom stereocenters. The second-order valence-corrected chi connectivity index (χ2v) is 6.86. The number of rotatable bonds is 5. The Balaban J connectivity index is 2.12. The van der Waals surface area contributed by atoms with Gasteiger partial charge in [-0.05, 0) is 65.0 Å². The molecule has 0 aliphatic heterocycles. The Morgan fingerprint density at radius 3 is 2.81 bits per heavy atom. The molecule has 0 aliphatic carbocycles. The molecule has 112 valence electrons. The van der Waals surface area contributed by atoms with Crippen molar-refractivity contribution in [3.8, 4) is 0 Å². The minimum atomic E-state index is -0.317. The van der Waals surface area contributed by atoms with Gasteiger partial charge in [-0.2, -0.15) is 0 Å². The zero-order chi connectivity index (χ0) is 15.4. The van der Waals surface area contributed by atoms with Crippen LogP contribution in [-0.2, 0) is 4.74 Å². The summed E-state index contributed by atoms with van der Waals surface area (Å²) in [6.07, 6.45) is 0. The number of esters is 1. The number of hydrogen-bond donors (Lipinski definition) is 1. The number of carbonyl (C=O) groups excluding carboxylic acids is 1. The number of thiophene rings is 1. The molecule has 1 aromatic carbocycles. The summed E-state index contributed by atoms with van der Waals surface area (Å²) in [5, 5.41) is 5.42. The summed E-state index contributed by atoms with van der Waals surface area (Å²) in [6.45, 7) is 4.22. The highest BCUT2D eigenvalue weighted by molar-refractivity contribution is 9.10. The van der Waals surface area contributed by atoms with Gasteiger partial charge in [0.05, 0.1) is 16.5 Å². The van der Waals surface area contributed by atoms with Gasteiger partial charge in [-0.25, -0.2) is 4.79 Å². The van der Waals surface area contributed by atoms with Crippen LogP contribution in [-0.4, -0.2) is 12.6 Å². The van der Waals surface area contributed by atoms with Crippen LogP contribution in [0, 0.1) is 0 Å². The van der Waals surface area contributed by atoms with Crippen LogP contribution in [0.1, 0.15) is 35.8 Å². The SMILES string of the molecule is CCOC(=O)c1ccc(NC(C)c2csc(Cl)c2)c(Br)c1. The fraction of sp³-hybridized carbons (Fsp3) is 0.267. The van der Waals surface area contributed by atoms with E-state index in [9.17, 15) is 4.79 Å². The molecule has 1 aromatic heterocycles. The van der Waals surface area contributed by atoms with Crippen LogP contribution in [0.5, 0.6) is 0 Å². The van der Waals surface area contributed by atoms with E-state index in [4.69, 9.17) is 16.3 Å². The van der Waals surface area contributed by atoms with Gasteiger partial charge in [-0.3, -0.25) is 0 Å². The summed E-state index contributed by atoms with van der Waals surface area (Å²) >= 11 is 10.9. The van der Waals surface area contributed by atoms with E-state index < -0.39 is 0 Å². The standard InChI is InChI=1S/C15H15BrClNO2S/c1-3-20-15(19)10-4-5-13(12(16)6-10)18-9(2)11-7-14(17)21-8-11/h4-9,18H,3H2,1-2H3. The van der Waals surface area contributed by atoms with Crippen molar-refractivity contribution in [3.63, 3.8) is 0 Å². The van der Waals surface area contributed by atoms with Crippen LogP contribution in [0.4, 0.5) is 5.69 Å². The molecule has 21 heavy (non-hydrogen) atoms. The molecule has 1 N–H and O–H groups in total. The predicted octanol–water partition coefficient (Wildman–Crippen LogP) is 5.51. The number of halogens is 2. The van der Waals surface area contributed by atoms with Gasteiger partial charge < -0.3 is 10.1 Å². The van der Waals surface area contributed by atoms with E-state index in [0.717, 1.165) is 20.1 Å². The number of hydrogen-bond acceptors (Lipinski definition) is 4. The Bertz CT molecular complexity index is 644. The van der Waals surface area contributed by atoms with Gasteiger partial charge in [0.1, 0.15) is 0 Å². The number of carbonyl (C=O) groups is 1. The Kier molecular flexibility index (Phi) is 5.67. The molecule has 0 fully saturated rings. The van der Waals surface area contributed by atoms with Gasteiger partial charge in [0.2, 0.25) is 0 Å². The molecule has 2 rings (SSSR count). The van der Waals surface area contributed by atoms with Crippen molar-refractivity contribution in [1.29, 1.82) is 0 Å². The first kappa shape index (κ1) is 16.3. The molecular formula is C15H15BrClNO2S. The Morgan fingerprint density at radius 1 is 1.48 bits per heavy atom. The van der Waals surface area contributed by atoms with E-state index in [1.165, 1.54) is 11.3 Å². The zero-order valence-corrected chi connectivity index (χ0v) is 14.8. The van der Waals surface area contributed by atoms with Gasteiger partial charge in [-0.1, -0.05) is 11.6 Å². The van der Waals surface area contributed by atoms with Crippen LogP contribution in [0.2, 0.25) is 4.34 Å². The largest absolute Gasteiger partial charge is 0.462 e. The third-order valence-corrected chi connectivity index (χ3v) is 4.71. The normalized spacial score (nSPS) is 12.0. The highest BCUT2D eigenvalue weighted by atomic mass is 79.9. The molecule has 0 amide bonds. The summed E-state index contributed by atoms with van der Waals surface area (Å²) in [7, 11) is 0. The highest BCUT2D eigenvalue weighted by Gasteiger charge is 2.12. The van der Waals surface area contributed by atoms with Crippen LogP contribution in [0.3, 0.4) is 0 Å². The molecule has 0 aliphatic rings. The van der Waals surface area contributed by atoms with E-state index in [0.29, 0.717) is 12.2 Å². The van der Waals surface area contributed by atoms with Crippen LogP contribution < -0.4 is 5.32 Å². The molecule has 0 bridgehead atoms. The molecule has 0 saturated carbocycles. The first-order valence-electron chi connectivity index (χ1n) is 6.48. The van der Waals surface area contributed by atoms with Crippen molar-refractivity contribution < 1.29 is 9.53 Å². The second-order valence-electron chi connectivity index (χ2n) is 4.47. The zero-order valence-electron chi connectivity index (χ0n) is 11.7. The number of ether oxygens (including phenoxy) is 1. The predicted molar refractivity (Wildman–Crippen MR) is 91.5 cm³/mol. The first-order chi connectivity index (χ1) is 10.0. The Labute approximate surface area is 141 Å². The van der Waals surface area contributed by atoms with Gasteiger partial charge in [0.15, 0.2) is 0 Å². The Hall–Kier alpha value is -1.04. The van der Waals surface area contributed by atoms with Crippen molar-refractivity contribution in [3.05, 3.63) is 49.6 Å². The molecular weight excluding hydrogens is 374 g/mol. The fourth-order valence-electron chi connectivity index (χ4n) is 1.84. The minimum absolute atomic E-state index is 0.124.